The van der Waals surface area contributed by atoms with E-state index in [1.807, 2.05) is 30.3 Å². The van der Waals surface area contributed by atoms with Crippen LogP contribution in [0.1, 0.15) is 32.3 Å². The maximum atomic E-state index is 12.6. The molecule has 3 aromatic rings. The van der Waals surface area contributed by atoms with Crippen LogP contribution in [0.25, 0.3) is 5.78 Å². The third kappa shape index (κ3) is 4.16. The highest BCUT2D eigenvalue weighted by Crippen LogP contribution is 2.21. The number of benzene rings is 1. The van der Waals surface area contributed by atoms with Gasteiger partial charge in [-0.25, -0.2) is 13.9 Å². The SMILES string of the molecule is CCc1ccc(NC(=O)Cn2nc3nc(N4CCCC(C)C4)ccn3c2=O)cc1. The molecule has 2 aromatic heterocycles. The smallest absolute Gasteiger partial charge is 0.352 e. The second kappa shape index (κ2) is 8.06. The van der Waals surface area contributed by atoms with Gasteiger partial charge in [0.15, 0.2) is 0 Å². The normalized spacial score (nSPS) is 16.9. The van der Waals surface area contributed by atoms with Crippen molar-refractivity contribution in [2.45, 2.75) is 39.7 Å². The lowest BCUT2D eigenvalue weighted by atomic mass is 10.0. The Balaban J connectivity index is 1.50. The van der Waals surface area contributed by atoms with Gasteiger partial charge in [0.1, 0.15) is 12.4 Å². The highest BCUT2D eigenvalue weighted by Gasteiger charge is 2.19. The second-order valence-electron chi connectivity index (χ2n) is 7.69. The summed E-state index contributed by atoms with van der Waals surface area (Å²) in [7, 11) is 0. The van der Waals surface area contributed by atoms with Crippen molar-refractivity contribution in [3.05, 3.63) is 52.6 Å². The van der Waals surface area contributed by atoms with Gasteiger partial charge in [-0.1, -0.05) is 26.0 Å². The molecule has 1 N–H and O–H groups in total. The summed E-state index contributed by atoms with van der Waals surface area (Å²) in [5, 5.41) is 7.07. The molecular formula is C21H26N6O2. The van der Waals surface area contributed by atoms with E-state index in [1.54, 1.807) is 6.20 Å². The molecule has 8 nitrogen and oxygen atoms in total. The van der Waals surface area contributed by atoms with Crippen LogP contribution in [0.2, 0.25) is 0 Å². The number of nitrogens with zero attached hydrogens (tertiary/aromatic N) is 5. The molecule has 1 atom stereocenters. The first-order chi connectivity index (χ1) is 14.0. The molecule has 3 heterocycles. The standard InChI is InChI=1S/C21H26N6O2/c1-3-16-6-8-17(9-7-16)22-19(28)14-27-21(29)26-12-10-18(23-20(26)24-27)25-11-4-5-15(2)13-25/h6-10,12,15H,3-5,11,13-14H2,1-2H3,(H,22,28). The van der Waals surface area contributed by atoms with Crippen molar-refractivity contribution < 1.29 is 4.79 Å². The average Bonchev–Trinajstić information content (AvgIpc) is 3.03. The zero-order valence-corrected chi connectivity index (χ0v) is 16.8. The number of aryl methyl sites for hydroxylation is 1. The minimum absolute atomic E-state index is 0.159. The average molecular weight is 394 g/mol. The molecule has 1 aliphatic heterocycles. The van der Waals surface area contributed by atoms with Crippen LogP contribution in [0.15, 0.2) is 41.3 Å². The Kier molecular flexibility index (Phi) is 5.33. The van der Waals surface area contributed by atoms with Crippen molar-refractivity contribution in [3.8, 4) is 0 Å². The maximum absolute atomic E-state index is 12.6. The summed E-state index contributed by atoms with van der Waals surface area (Å²) in [6.07, 6.45) is 4.98. The summed E-state index contributed by atoms with van der Waals surface area (Å²) in [4.78, 5) is 31.7. The Hall–Kier alpha value is -3.16. The Bertz CT molecular complexity index is 1070. The van der Waals surface area contributed by atoms with Gasteiger partial charge in [-0.15, -0.1) is 5.10 Å². The Labute approximate surface area is 169 Å². The molecule has 0 bridgehead atoms. The number of anilines is 2. The summed E-state index contributed by atoms with van der Waals surface area (Å²) >= 11 is 0. The van der Waals surface area contributed by atoms with E-state index in [9.17, 15) is 9.59 Å². The molecule has 0 aliphatic carbocycles. The molecular weight excluding hydrogens is 368 g/mol. The minimum Gasteiger partial charge on any atom is -0.356 e. The van der Waals surface area contributed by atoms with Crippen LogP contribution < -0.4 is 15.9 Å². The van der Waals surface area contributed by atoms with Gasteiger partial charge in [-0.3, -0.25) is 4.79 Å². The van der Waals surface area contributed by atoms with Crippen LogP contribution in [0.3, 0.4) is 0 Å². The Morgan fingerprint density at radius 3 is 2.76 bits per heavy atom. The fourth-order valence-corrected chi connectivity index (χ4v) is 3.73. The molecule has 1 amide bonds. The first kappa shape index (κ1) is 19.2. The lowest BCUT2D eigenvalue weighted by Crippen LogP contribution is -2.34. The molecule has 0 spiro atoms. The third-order valence-electron chi connectivity index (χ3n) is 5.36. The van der Waals surface area contributed by atoms with Gasteiger partial charge in [0.2, 0.25) is 5.91 Å². The summed E-state index contributed by atoms with van der Waals surface area (Å²) < 4.78 is 2.53. The second-order valence-corrected chi connectivity index (χ2v) is 7.69. The lowest BCUT2D eigenvalue weighted by Gasteiger charge is -2.31. The molecule has 1 aliphatic rings. The van der Waals surface area contributed by atoms with Gasteiger partial charge in [-0.05, 0) is 48.9 Å². The van der Waals surface area contributed by atoms with Crippen molar-refractivity contribution in [2.75, 3.05) is 23.3 Å². The van der Waals surface area contributed by atoms with Crippen LogP contribution >= 0.6 is 0 Å². The zero-order chi connectivity index (χ0) is 20.4. The van der Waals surface area contributed by atoms with Gasteiger partial charge in [0.05, 0.1) is 0 Å². The predicted octanol–water partition coefficient (Wildman–Crippen LogP) is 2.33. The van der Waals surface area contributed by atoms with Crippen molar-refractivity contribution in [2.24, 2.45) is 5.92 Å². The summed E-state index contributed by atoms with van der Waals surface area (Å²) in [6, 6.07) is 9.50. The number of hydrogen-bond acceptors (Lipinski definition) is 5. The summed E-state index contributed by atoms with van der Waals surface area (Å²) in [5.74, 6) is 1.45. The highest BCUT2D eigenvalue weighted by atomic mass is 16.2. The van der Waals surface area contributed by atoms with Gasteiger partial charge in [0.25, 0.3) is 5.78 Å². The fraction of sp³-hybridized carbons (Fsp3) is 0.429. The Morgan fingerprint density at radius 1 is 1.24 bits per heavy atom. The number of carbonyl (C=O) groups is 1. The fourth-order valence-electron chi connectivity index (χ4n) is 3.73. The number of aromatic nitrogens is 4. The minimum atomic E-state index is -0.373. The van der Waals surface area contributed by atoms with Crippen LogP contribution in [-0.2, 0) is 17.8 Å². The summed E-state index contributed by atoms with van der Waals surface area (Å²) in [5.41, 5.74) is 1.52. The van der Waals surface area contributed by atoms with E-state index in [4.69, 9.17) is 0 Å². The molecule has 4 rings (SSSR count). The molecule has 152 valence electrons. The van der Waals surface area contributed by atoms with E-state index in [0.717, 1.165) is 36.4 Å². The monoisotopic (exact) mass is 394 g/mol. The van der Waals surface area contributed by atoms with Crippen LogP contribution in [0, 0.1) is 5.92 Å². The molecule has 1 saturated heterocycles. The van der Waals surface area contributed by atoms with Gasteiger partial charge < -0.3 is 10.2 Å². The van der Waals surface area contributed by atoms with Crippen molar-refractivity contribution >= 4 is 23.2 Å². The molecule has 0 saturated carbocycles. The molecule has 1 fully saturated rings. The first-order valence-corrected chi connectivity index (χ1v) is 10.1. The van der Waals surface area contributed by atoms with Crippen molar-refractivity contribution in [1.29, 1.82) is 0 Å². The van der Waals surface area contributed by atoms with Crippen molar-refractivity contribution in [3.63, 3.8) is 0 Å². The predicted molar refractivity (Wildman–Crippen MR) is 112 cm³/mol. The molecule has 1 unspecified atom stereocenters. The van der Waals surface area contributed by atoms with Crippen LogP contribution in [0.4, 0.5) is 11.5 Å². The highest BCUT2D eigenvalue weighted by molar-refractivity contribution is 5.90. The molecule has 1 aromatic carbocycles. The van der Waals surface area contributed by atoms with Gasteiger partial charge in [-0.2, -0.15) is 4.98 Å². The number of hydrogen-bond donors (Lipinski definition) is 1. The van der Waals surface area contributed by atoms with E-state index in [1.165, 1.54) is 16.4 Å². The number of rotatable bonds is 5. The molecule has 0 radical (unpaired) electrons. The van der Waals surface area contributed by atoms with E-state index in [2.05, 4.69) is 34.1 Å². The number of amides is 1. The van der Waals surface area contributed by atoms with E-state index in [0.29, 0.717) is 17.4 Å². The van der Waals surface area contributed by atoms with Crippen LogP contribution in [0.5, 0.6) is 0 Å². The number of piperidine rings is 1. The lowest BCUT2D eigenvalue weighted by molar-refractivity contribution is -0.117. The van der Waals surface area contributed by atoms with Crippen molar-refractivity contribution in [1.82, 2.24) is 19.2 Å². The quantitative estimate of drug-likeness (QED) is 0.718. The Morgan fingerprint density at radius 2 is 2.03 bits per heavy atom. The van der Waals surface area contributed by atoms with E-state index < -0.39 is 0 Å². The largest absolute Gasteiger partial charge is 0.356 e. The zero-order valence-electron chi connectivity index (χ0n) is 16.8. The topological polar surface area (TPSA) is 84.5 Å². The maximum Gasteiger partial charge on any atom is 0.352 e. The number of nitrogens with one attached hydrogen (secondary N) is 1. The number of carbonyl (C=O) groups excluding carboxylic acids is 1. The summed E-state index contributed by atoms with van der Waals surface area (Å²) in [6.45, 7) is 6.06. The molecule has 29 heavy (non-hydrogen) atoms. The van der Waals surface area contributed by atoms with E-state index in [-0.39, 0.29) is 18.1 Å². The third-order valence-corrected chi connectivity index (χ3v) is 5.36. The first-order valence-electron chi connectivity index (χ1n) is 10.1. The van der Waals surface area contributed by atoms with Gasteiger partial charge >= 0.3 is 5.69 Å². The molecule has 8 heteroatoms. The van der Waals surface area contributed by atoms with E-state index >= 15 is 0 Å². The van der Waals surface area contributed by atoms with Gasteiger partial charge in [0, 0.05) is 25.0 Å². The van der Waals surface area contributed by atoms with Crippen LogP contribution in [-0.4, -0.2) is 38.2 Å². The number of fused-ring (bicyclic) bond motifs is 1.